The van der Waals surface area contributed by atoms with E-state index in [4.69, 9.17) is 4.74 Å². The van der Waals surface area contributed by atoms with E-state index in [-0.39, 0.29) is 5.69 Å². The van der Waals surface area contributed by atoms with Crippen molar-refractivity contribution in [2.75, 3.05) is 18.6 Å². The summed E-state index contributed by atoms with van der Waals surface area (Å²) in [4.78, 5) is 10.5. The molecule has 2 rings (SSSR count). The zero-order valence-corrected chi connectivity index (χ0v) is 11.7. The molecule has 0 aliphatic carbocycles. The monoisotopic (exact) mass is 282 g/mol. The minimum absolute atomic E-state index is 0.0276. The second kappa shape index (κ2) is 6.77. The number of nitro benzene ring substituents is 1. The largest absolute Gasteiger partial charge is 0.490 e. The molecule has 1 aliphatic heterocycles. The normalized spacial score (nSPS) is 19.1. The molecule has 1 N–H and O–H groups in total. The number of nitrogens with one attached hydrogen (secondary N) is 1. The highest BCUT2D eigenvalue weighted by molar-refractivity contribution is 7.99. The summed E-state index contributed by atoms with van der Waals surface area (Å²) in [6.07, 6.45) is 2.43. The molecule has 1 heterocycles. The van der Waals surface area contributed by atoms with Crippen LogP contribution in [0, 0.1) is 10.1 Å². The van der Waals surface area contributed by atoms with Gasteiger partial charge in [-0.3, -0.25) is 10.1 Å². The fourth-order valence-electron chi connectivity index (χ4n) is 2.15. The quantitative estimate of drug-likeness (QED) is 0.664. The first-order valence-electron chi connectivity index (χ1n) is 6.33. The van der Waals surface area contributed by atoms with Crippen molar-refractivity contribution in [2.45, 2.75) is 25.4 Å². The molecule has 1 aliphatic rings. The van der Waals surface area contributed by atoms with Gasteiger partial charge >= 0.3 is 5.69 Å². The van der Waals surface area contributed by atoms with Crippen LogP contribution in [0.5, 0.6) is 5.75 Å². The van der Waals surface area contributed by atoms with Gasteiger partial charge in [-0.2, -0.15) is 11.8 Å². The number of thioether (sulfide) groups is 1. The second-order valence-electron chi connectivity index (χ2n) is 4.56. The van der Waals surface area contributed by atoms with Gasteiger partial charge in [0.2, 0.25) is 0 Å². The van der Waals surface area contributed by atoms with E-state index in [1.807, 2.05) is 17.8 Å². The summed E-state index contributed by atoms with van der Waals surface area (Å²) in [5.41, 5.74) is 0.947. The molecule has 6 heteroatoms. The zero-order valence-electron chi connectivity index (χ0n) is 10.9. The Hall–Kier alpha value is -1.27. The Bertz CT molecular complexity index is 448. The fourth-order valence-corrected chi connectivity index (χ4v) is 3.26. The maximum atomic E-state index is 10.9. The molecule has 1 aromatic rings. The van der Waals surface area contributed by atoms with E-state index in [1.165, 1.54) is 25.7 Å². The molecule has 104 valence electrons. The van der Waals surface area contributed by atoms with E-state index in [1.54, 1.807) is 12.1 Å². The number of ether oxygens (including phenoxy) is 1. The van der Waals surface area contributed by atoms with Crippen molar-refractivity contribution in [3.63, 3.8) is 0 Å². The number of nitro groups is 1. The third-order valence-electron chi connectivity index (χ3n) is 3.20. The lowest BCUT2D eigenvalue weighted by molar-refractivity contribution is -0.385. The smallest absolute Gasteiger partial charge is 0.311 e. The van der Waals surface area contributed by atoms with Crippen LogP contribution in [-0.4, -0.2) is 29.6 Å². The summed E-state index contributed by atoms with van der Waals surface area (Å²) >= 11 is 1.96. The molecule has 0 radical (unpaired) electrons. The summed E-state index contributed by atoms with van der Waals surface area (Å²) in [6, 6.07) is 5.63. The highest BCUT2D eigenvalue weighted by Gasteiger charge is 2.16. The molecule has 1 unspecified atom stereocenters. The molecule has 1 aromatic carbocycles. The van der Waals surface area contributed by atoms with E-state index in [0.717, 1.165) is 11.3 Å². The van der Waals surface area contributed by atoms with Gasteiger partial charge in [-0.1, -0.05) is 6.07 Å². The van der Waals surface area contributed by atoms with Crippen molar-refractivity contribution in [2.24, 2.45) is 0 Å². The molecule has 0 saturated carbocycles. The van der Waals surface area contributed by atoms with Gasteiger partial charge < -0.3 is 10.1 Å². The average Bonchev–Trinajstić information content (AvgIpc) is 2.46. The summed E-state index contributed by atoms with van der Waals surface area (Å²) in [6.45, 7) is 0.663. The minimum atomic E-state index is -0.404. The van der Waals surface area contributed by atoms with Crippen molar-refractivity contribution in [3.05, 3.63) is 33.9 Å². The fraction of sp³-hybridized carbons (Fsp3) is 0.538. The molecule has 1 fully saturated rings. The van der Waals surface area contributed by atoms with Crippen LogP contribution in [0.4, 0.5) is 5.69 Å². The number of rotatable bonds is 5. The lowest BCUT2D eigenvalue weighted by atomic mass is 10.1. The first kappa shape index (κ1) is 14.1. The van der Waals surface area contributed by atoms with Gasteiger partial charge in [0.05, 0.1) is 12.0 Å². The summed E-state index contributed by atoms with van der Waals surface area (Å²) in [5.74, 6) is 2.67. The number of methoxy groups -OCH3 is 1. The van der Waals surface area contributed by atoms with Crippen molar-refractivity contribution in [1.82, 2.24) is 5.32 Å². The van der Waals surface area contributed by atoms with Crippen molar-refractivity contribution in [1.29, 1.82) is 0 Å². The number of benzene rings is 1. The first-order valence-corrected chi connectivity index (χ1v) is 7.48. The Morgan fingerprint density at radius 2 is 2.42 bits per heavy atom. The highest BCUT2D eigenvalue weighted by atomic mass is 32.2. The molecule has 0 spiro atoms. The predicted octanol–water partition coefficient (Wildman–Crippen LogP) is 2.59. The lowest BCUT2D eigenvalue weighted by Gasteiger charge is -2.22. The highest BCUT2D eigenvalue weighted by Crippen LogP contribution is 2.27. The molecule has 5 nitrogen and oxygen atoms in total. The van der Waals surface area contributed by atoms with Crippen LogP contribution in [0.25, 0.3) is 0 Å². The Kier molecular flexibility index (Phi) is 5.04. The molecule has 0 aromatic heterocycles. The van der Waals surface area contributed by atoms with E-state index in [2.05, 4.69) is 5.32 Å². The van der Waals surface area contributed by atoms with Gasteiger partial charge in [-0.25, -0.2) is 0 Å². The van der Waals surface area contributed by atoms with Gasteiger partial charge in [0.25, 0.3) is 0 Å². The summed E-state index contributed by atoms with van der Waals surface area (Å²) < 4.78 is 4.99. The van der Waals surface area contributed by atoms with Gasteiger partial charge in [0.1, 0.15) is 0 Å². The zero-order chi connectivity index (χ0) is 13.7. The van der Waals surface area contributed by atoms with Crippen LogP contribution in [0.1, 0.15) is 18.4 Å². The van der Waals surface area contributed by atoms with E-state index < -0.39 is 4.92 Å². The first-order chi connectivity index (χ1) is 9.20. The molecule has 1 saturated heterocycles. The van der Waals surface area contributed by atoms with E-state index in [0.29, 0.717) is 18.3 Å². The molecular weight excluding hydrogens is 264 g/mol. The van der Waals surface area contributed by atoms with Crippen molar-refractivity contribution >= 4 is 17.4 Å². The Morgan fingerprint density at radius 1 is 1.58 bits per heavy atom. The third kappa shape index (κ3) is 3.84. The van der Waals surface area contributed by atoms with Crippen LogP contribution in [0.15, 0.2) is 18.2 Å². The predicted molar refractivity (Wildman–Crippen MR) is 76.8 cm³/mol. The minimum Gasteiger partial charge on any atom is -0.490 e. The molecule has 1 atom stereocenters. The molecular formula is C13H18N2O3S. The van der Waals surface area contributed by atoms with Crippen molar-refractivity contribution in [3.8, 4) is 5.75 Å². The van der Waals surface area contributed by atoms with Gasteiger partial charge in [-0.15, -0.1) is 0 Å². The van der Waals surface area contributed by atoms with Crippen molar-refractivity contribution < 1.29 is 9.66 Å². The van der Waals surface area contributed by atoms with Gasteiger partial charge in [0, 0.05) is 24.4 Å². The maximum absolute atomic E-state index is 10.9. The Labute approximate surface area is 116 Å². The van der Waals surface area contributed by atoms with E-state index in [9.17, 15) is 10.1 Å². The van der Waals surface area contributed by atoms with Crippen LogP contribution < -0.4 is 10.1 Å². The average molecular weight is 282 g/mol. The SMILES string of the molecule is COc1ccc(CNC2CCCSC2)cc1[N+](=O)[O-]. The number of hydrogen-bond donors (Lipinski definition) is 1. The molecule has 0 amide bonds. The Morgan fingerprint density at radius 3 is 3.05 bits per heavy atom. The Balaban J connectivity index is 2.00. The van der Waals surface area contributed by atoms with Gasteiger partial charge in [-0.05, 0) is 30.2 Å². The van der Waals surface area contributed by atoms with E-state index >= 15 is 0 Å². The standard InChI is InChI=1S/C13H18N2O3S/c1-18-13-5-4-10(7-12(13)15(16)17)8-14-11-3-2-6-19-9-11/h4-5,7,11,14H,2-3,6,8-9H2,1H3. The van der Waals surface area contributed by atoms with Crippen LogP contribution >= 0.6 is 11.8 Å². The summed E-state index contributed by atoms with van der Waals surface area (Å²) in [5, 5.41) is 14.4. The van der Waals surface area contributed by atoms with Crippen LogP contribution in [0.2, 0.25) is 0 Å². The summed E-state index contributed by atoms with van der Waals surface area (Å²) in [7, 11) is 1.44. The molecule has 19 heavy (non-hydrogen) atoms. The third-order valence-corrected chi connectivity index (χ3v) is 4.41. The van der Waals surface area contributed by atoms with Gasteiger partial charge in [0.15, 0.2) is 5.75 Å². The topological polar surface area (TPSA) is 64.4 Å². The lowest BCUT2D eigenvalue weighted by Crippen LogP contribution is -2.33. The molecule has 0 bridgehead atoms. The number of hydrogen-bond acceptors (Lipinski definition) is 5. The second-order valence-corrected chi connectivity index (χ2v) is 5.71. The van der Waals surface area contributed by atoms with Crippen LogP contribution in [0.3, 0.4) is 0 Å². The van der Waals surface area contributed by atoms with Crippen LogP contribution in [-0.2, 0) is 6.54 Å². The maximum Gasteiger partial charge on any atom is 0.311 e. The number of nitrogens with zero attached hydrogens (tertiary/aromatic N) is 1.